The lowest BCUT2D eigenvalue weighted by atomic mass is 9.91. The molecule has 1 aromatic carbocycles. The van der Waals surface area contributed by atoms with Gasteiger partial charge in [0, 0.05) is 29.4 Å². The lowest BCUT2D eigenvalue weighted by Gasteiger charge is -2.47. The van der Waals surface area contributed by atoms with Crippen LogP contribution in [0.4, 0.5) is 19.0 Å². The third-order valence-electron chi connectivity index (χ3n) is 11.2. The fraction of sp³-hybridized carbons (Fsp3) is 0.529. The zero-order valence-corrected chi connectivity index (χ0v) is 26.9. The Morgan fingerprint density at radius 3 is 2.74 bits per heavy atom. The standard InChI is InChI=1S/C34H36ClF3N8O/c1-2-6-19-21(35)15-23-20(16-39-43-23)25(19)28-27(36)29-26-22(40-28)7-3-8-24-34(38)12-11-33(37,44-34)17-46(24)30(26)42-31(41-29)47-18-32-9-4-13-45(32)14-5-10-32/h2,6,15-16,24,44H,3-5,7-14,17-18H2,1H3,(H,39,43)/b6-2-/t24-,33-,34+/m1/s1. The number of nitrogens with zero attached hydrogens (tertiary/aromatic N) is 6. The summed E-state index contributed by atoms with van der Waals surface area (Å²) in [5, 5.41) is 11.3. The highest BCUT2D eigenvalue weighted by Crippen LogP contribution is 2.49. The Labute approximate surface area is 274 Å². The van der Waals surface area contributed by atoms with Crippen molar-refractivity contribution >= 4 is 45.3 Å². The predicted molar refractivity (Wildman–Crippen MR) is 174 cm³/mol. The summed E-state index contributed by atoms with van der Waals surface area (Å²) in [5.41, 5.74) is 2.32. The van der Waals surface area contributed by atoms with Crippen molar-refractivity contribution in [2.24, 2.45) is 0 Å². The van der Waals surface area contributed by atoms with Gasteiger partial charge in [-0.15, -0.1) is 0 Å². The summed E-state index contributed by atoms with van der Waals surface area (Å²) in [6.07, 6.45) is 11.1. The van der Waals surface area contributed by atoms with E-state index < -0.39 is 23.4 Å². The number of alkyl halides is 2. The van der Waals surface area contributed by atoms with Gasteiger partial charge < -0.3 is 9.64 Å². The van der Waals surface area contributed by atoms with Crippen LogP contribution in [0, 0.1) is 5.82 Å². The number of anilines is 1. The van der Waals surface area contributed by atoms with Gasteiger partial charge in [-0.3, -0.25) is 10.00 Å². The van der Waals surface area contributed by atoms with Crippen molar-refractivity contribution in [2.75, 3.05) is 31.1 Å². The number of aromatic nitrogens is 5. The molecule has 3 aromatic heterocycles. The second kappa shape index (κ2) is 10.5. The summed E-state index contributed by atoms with van der Waals surface area (Å²) in [7, 11) is 0. The van der Waals surface area contributed by atoms with Gasteiger partial charge in [-0.05, 0) is 71.0 Å². The van der Waals surface area contributed by atoms with Gasteiger partial charge in [0.2, 0.25) is 0 Å². The molecular formula is C34H36ClF3N8O. The van der Waals surface area contributed by atoms with Crippen LogP contribution in [0.25, 0.3) is 39.1 Å². The number of pyridine rings is 1. The molecule has 0 spiro atoms. The lowest BCUT2D eigenvalue weighted by molar-refractivity contribution is 0.00892. The van der Waals surface area contributed by atoms with Gasteiger partial charge in [0.25, 0.3) is 0 Å². The van der Waals surface area contributed by atoms with Crippen LogP contribution in [0.1, 0.15) is 69.5 Å². The minimum absolute atomic E-state index is 0.00174. The van der Waals surface area contributed by atoms with E-state index in [1.807, 2.05) is 19.1 Å². The predicted octanol–water partition coefficient (Wildman–Crippen LogP) is 6.64. The fourth-order valence-corrected chi connectivity index (χ4v) is 9.35. The zero-order chi connectivity index (χ0) is 32.1. The smallest absolute Gasteiger partial charge is 0.319 e. The molecule has 2 bridgehead atoms. The van der Waals surface area contributed by atoms with E-state index in [1.165, 1.54) is 0 Å². The quantitative estimate of drug-likeness (QED) is 0.229. The molecule has 2 N–H and O–H groups in total. The molecule has 47 heavy (non-hydrogen) atoms. The molecule has 0 saturated carbocycles. The molecular weight excluding hydrogens is 629 g/mol. The Morgan fingerprint density at radius 2 is 1.94 bits per heavy atom. The number of rotatable bonds is 5. The van der Waals surface area contributed by atoms with Gasteiger partial charge in [-0.25, -0.2) is 23.5 Å². The molecule has 5 aliphatic heterocycles. The first-order valence-corrected chi connectivity index (χ1v) is 17.1. The van der Waals surface area contributed by atoms with Crippen LogP contribution in [0.15, 0.2) is 18.3 Å². The largest absolute Gasteiger partial charge is 0.461 e. The van der Waals surface area contributed by atoms with Crippen molar-refractivity contribution in [2.45, 2.75) is 87.9 Å². The van der Waals surface area contributed by atoms with E-state index in [2.05, 4.69) is 20.4 Å². The van der Waals surface area contributed by atoms with E-state index in [0.29, 0.717) is 64.0 Å². The Morgan fingerprint density at radius 1 is 1.11 bits per heavy atom. The summed E-state index contributed by atoms with van der Waals surface area (Å²) in [6.45, 7) is 4.16. The molecule has 4 saturated heterocycles. The zero-order valence-electron chi connectivity index (χ0n) is 26.2. The Bertz CT molecular complexity index is 1960. The van der Waals surface area contributed by atoms with Crippen molar-refractivity contribution in [3.8, 4) is 17.3 Å². The van der Waals surface area contributed by atoms with Crippen molar-refractivity contribution in [1.82, 2.24) is 35.4 Å². The first-order chi connectivity index (χ1) is 22.7. The van der Waals surface area contributed by atoms with E-state index in [0.717, 1.165) is 38.8 Å². The average molecular weight is 665 g/mol. The van der Waals surface area contributed by atoms with Crippen molar-refractivity contribution < 1.29 is 17.9 Å². The Kier molecular flexibility index (Phi) is 6.63. The summed E-state index contributed by atoms with van der Waals surface area (Å²) in [5.74, 6) is -4.27. The van der Waals surface area contributed by atoms with Crippen LogP contribution >= 0.6 is 11.6 Å². The van der Waals surface area contributed by atoms with Gasteiger partial charge >= 0.3 is 6.01 Å². The number of nitrogens with one attached hydrogen (secondary N) is 2. The van der Waals surface area contributed by atoms with Crippen LogP contribution in [0.3, 0.4) is 0 Å². The van der Waals surface area contributed by atoms with E-state index >= 15 is 13.2 Å². The number of piperazine rings is 1. The van der Waals surface area contributed by atoms with Crippen LogP contribution in [0.2, 0.25) is 5.02 Å². The molecule has 3 atom stereocenters. The van der Waals surface area contributed by atoms with Crippen LogP contribution in [-0.2, 0) is 6.42 Å². The van der Waals surface area contributed by atoms with E-state index in [-0.39, 0.29) is 48.0 Å². The fourth-order valence-electron chi connectivity index (χ4n) is 9.09. The number of aryl methyl sites for hydroxylation is 1. The van der Waals surface area contributed by atoms with Gasteiger partial charge in [0.05, 0.1) is 45.9 Å². The molecule has 5 aliphatic rings. The number of hydrogen-bond donors (Lipinski definition) is 2. The third-order valence-corrected chi connectivity index (χ3v) is 11.5. The number of allylic oxidation sites excluding steroid dienone is 1. The van der Waals surface area contributed by atoms with Crippen LogP contribution in [0.5, 0.6) is 6.01 Å². The molecule has 9 nitrogen and oxygen atoms in total. The third kappa shape index (κ3) is 4.43. The first kappa shape index (κ1) is 29.6. The highest BCUT2D eigenvalue weighted by molar-refractivity contribution is 6.33. The van der Waals surface area contributed by atoms with Crippen molar-refractivity contribution in [1.29, 1.82) is 0 Å². The number of ether oxygens (including phenoxy) is 1. The number of benzene rings is 1. The monoisotopic (exact) mass is 664 g/mol. The van der Waals surface area contributed by atoms with Crippen LogP contribution < -0.4 is 15.0 Å². The molecule has 0 radical (unpaired) electrons. The number of aromatic amines is 1. The van der Waals surface area contributed by atoms with Gasteiger partial charge in [-0.2, -0.15) is 15.1 Å². The summed E-state index contributed by atoms with van der Waals surface area (Å²) in [4.78, 5) is 18.7. The summed E-state index contributed by atoms with van der Waals surface area (Å²) >= 11 is 6.75. The Balaban J connectivity index is 1.28. The molecule has 9 rings (SSSR count). The average Bonchev–Trinajstić information content (AvgIpc) is 3.81. The minimum atomic E-state index is -1.93. The lowest BCUT2D eigenvalue weighted by Crippen LogP contribution is -2.68. The molecule has 0 amide bonds. The number of fused-ring (bicyclic) bond motifs is 7. The highest BCUT2D eigenvalue weighted by Gasteiger charge is 2.60. The highest BCUT2D eigenvalue weighted by atomic mass is 35.5. The van der Waals surface area contributed by atoms with Crippen molar-refractivity contribution in [3.63, 3.8) is 0 Å². The molecule has 0 unspecified atom stereocenters. The SMILES string of the molecule is C/C=C\c1c(Cl)cc2[nH]ncc2c1-c1nc2c3c(nc(OCC45CCCN4CCC5)nc3c1F)N1C[C@@]3(F)CC[C@](F)(N3)[C@H]1CCC2. The molecule has 4 aromatic rings. The minimum Gasteiger partial charge on any atom is -0.461 e. The van der Waals surface area contributed by atoms with E-state index in [9.17, 15) is 0 Å². The maximum Gasteiger partial charge on any atom is 0.319 e. The van der Waals surface area contributed by atoms with Crippen LogP contribution in [-0.4, -0.2) is 79.5 Å². The second-order valence-corrected chi connectivity index (χ2v) is 14.4. The van der Waals surface area contributed by atoms with Crippen molar-refractivity contribution in [3.05, 3.63) is 40.4 Å². The number of halogens is 4. The number of hydrogen-bond acceptors (Lipinski definition) is 8. The summed E-state index contributed by atoms with van der Waals surface area (Å²) < 4.78 is 56.1. The topological polar surface area (TPSA) is 95.1 Å². The van der Waals surface area contributed by atoms with Gasteiger partial charge in [0.15, 0.2) is 17.4 Å². The maximum atomic E-state index is 17.3. The normalized spacial score (nSPS) is 28.3. The van der Waals surface area contributed by atoms with E-state index in [4.69, 9.17) is 31.3 Å². The van der Waals surface area contributed by atoms with E-state index in [1.54, 1.807) is 17.2 Å². The van der Waals surface area contributed by atoms with Gasteiger partial charge in [-0.1, -0.05) is 23.8 Å². The maximum absolute atomic E-state index is 17.3. The Hall–Kier alpha value is -3.48. The second-order valence-electron chi connectivity index (χ2n) is 13.9. The van der Waals surface area contributed by atoms with Gasteiger partial charge in [0.1, 0.15) is 23.6 Å². The summed E-state index contributed by atoms with van der Waals surface area (Å²) in [6, 6.07) is 1.08. The molecule has 4 fully saturated rings. The molecule has 13 heteroatoms. The first-order valence-electron chi connectivity index (χ1n) is 16.7. The number of H-pyrrole nitrogens is 1. The molecule has 0 aliphatic carbocycles. The molecule has 8 heterocycles. The molecule has 246 valence electrons.